The molecule has 1 aromatic rings. The molecule has 15 heavy (non-hydrogen) atoms. The molecule has 84 valence electrons. The summed E-state index contributed by atoms with van der Waals surface area (Å²) in [6.07, 6.45) is 0.136. The fourth-order valence-corrected chi connectivity index (χ4v) is 1.92. The van der Waals surface area contributed by atoms with Crippen molar-refractivity contribution < 1.29 is 14.6 Å². The highest BCUT2D eigenvalue weighted by Gasteiger charge is 2.33. The molecular weight excluding hydrogens is 216 g/mol. The van der Waals surface area contributed by atoms with E-state index in [4.69, 9.17) is 4.74 Å². The van der Waals surface area contributed by atoms with Crippen molar-refractivity contribution in [2.75, 3.05) is 6.61 Å². The minimum absolute atomic E-state index is 0.136. The number of nitrogens with zero attached hydrogens (tertiary/aromatic N) is 2. The maximum Gasteiger partial charge on any atom is 0.338 e. The molecule has 0 aliphatic rings. The van der Waals surface area contributed by atoms with Crippen LogP contribution in [0.15, 0.2) is 0 Å². The van der Waals surface area contributed by atoms with Crippen molar-refractivity contribution in [2.24, 2.45) is 0 Å². The van der Waals surface area contributed by atoms with Crippen LogP contribution in [0.25, 0.3) is 0 Å². The third-order valence-electron chi connectivity index (χ3n) is 1.78. The molecule has 5 nitrogen and oxygen atoms in total. The third-order valence-corrected chi connectivity index (χ3v) is 2.62. The molecule has 0 saturated heterocycles. The Hall–Kier alpha value is -1.01. The number of aromatic nitrogens is 2. The second-order valence-electron chi connectivity index (χ2n) is 3.39. The monoisotopic (exact) mass is 230 g/mol. The summed E-state index contributed by atoms with van der Waals surface area (Å²) < 4.78 is 4.75. The van der Waals surface area contributed by atoms with Crippen molar-refractivity contribution in [3.8, 4) is 0 Å². The van der Waals surface area contributed by atoms with Crippen LogP contribution in [0.4, 0.5) is 0 Å². The lowest BCUT2D eigenvalue weighted by Gasteiger charge is -2.19. The Bertz CT molecular complexity index is 349. The molecular formula is C9H14N2O3S. The number of esters is 1. The smallest absolute Gasteiger partial charge is 0.338 e. The number of hydrogen-bond acceptors (Lipinski definition) is 6. The Labute approximate surface area is 92.1 Å². The summed E-state index contributed by atoms with van der Waals surface area (Å²) in [6, 6.07) is 0. The normalized spacial score (nSPS) is 14.7. The van der Waals surface area contributed by atoms with Crippen molar-refractivity contribution in [3.05, 3.63) is 10.0 Å². The first-order valence-corrected chi connectivity index (χ1v) is 5.46. The first kappa shape index (κ1) is 12.1. The van der Waals surface area contributed by atoms with Crippen molar-refractivity contribution in [2.45, 2.75) is 32.8 Å². The van der Waals surface area contributed by atoms with Gasteiger partial charge in [0, 0.05) is 6.42 Å². The Morgan fingerprint density at radius 2 is 2.27 bits per heavy atom. The van der Waals surface area contributed by atoms with E-state index in [0.717, 1.165) is 5.01 Å². The number of hydrogen-bond donors (Lipinski definition) is 1. The average molecular weight is 230 g/mol. The van der Waals surface area contributed by atoms with Gasteiger partial charge in [-0.25, -0.2) is 4.79 Å². The van der Waals surface area contributed by atoms with E-state index < -0.39 is 11.6 Å². The number of aryl methyl sites for hydroxylation is 1. The van der Waals surface area contributed by atoms with Gasteiger partial charge in [-0.05, 0) is 20.8 Å². The number of ether oxygens (including phenoxy) is 1. The molecule has 0 aromatic carbocycles. The summed E-state index contributed by atoms with van der Waals surface area (Å²) in [5.41, 5.74) is -1.53. The van der Waals surface area contributed by atoms with Crippen molar-refractivity contribution in [1.29, 1.82) is 0 Å². The quantitative estimate of drug-likeness (QED) is 0.771. The molecule has 0 bridgehead atoms. The van der Waals surface area contributed by atoms with Crippen LogP contribution in [0, 0.1) is 6.92 Å². The van der Waals surface area contributed by atoms with Gasteiger partial charge in [0.1, 0.15) is 10.0 Å². The molecule has 0 spiro atoms. The van der Waals surface area contributed by atoms with E-state index in [1.165, 1.54) is 18.3 Å². The van der Waals surface area contributed by atoms with Gasteiger partial charge in [-0.1, -0.05) is 0 Å². The van der Waals surface area contributed by atoms with Gasteiger partial charge in [0.15, 0.2) is 5.60 Å². The van der Waals surface area contributed by atoms with Crippen LogP contribution < -0.4 is 0 Å². The predicted octanol–water partition coefficient (Wildman–Crippen LogP) is 0.703. The SMILES string of the molecule is CCOC(=O)C(C)(O)Cc1nnc(C)s1. The lowest BCUT2D eigenvalue weighted by atomic mass is 10.0. The molecule has 1 heterocycles. The largest absolute Gasteiger partial charge is 0.464 e. The Balaban J connectivity index is 2.67. The van der Waals surface area contributed by atoms with Crippen molar-refractivity contribution >= 4 is 17.3 Å². The Kier molecular flexibility index (Phi) is 3.76. The fraction of sp³-hybridized carbons (Fsp3) is 0.667. The molecule has 0 fully saturated rings. The van der Waals surface area contributed by atoms with E-state index in [2.05, 4.69) is 10.2 Å². The van der Waals surface area contributed by atoms with Gasteiger partial charge in [0.2, 0.25) is 0 Å². The zero-order chi connectivity index (χ0) is 11.5. The van der Waals surface area contributed by atoms with E-state index >= 15 is 0 Å². The second-order valence-corrected chi connectivity index (χ2v) is 4.65. The van der Waals surface area contributed by atoms with Crippen LogP contribution >= 0.6 is 11.3 Å². The molecule has 0 saturated carbocycles. The maximum atomic E-state index is 11.4. The van der Waals surface area contributed by atoms with E-state index in [9.17, 15) is 9.90 Å². The third kappa shape index (κ3) is 3.24. The highest BCUT2D eigenvalue weighted by Crippen LogP contribution is 2.17. The van der Waals surface area contributed by atoms with Gasteiger partial charge < -0.3 is 9.84 Å². The zero-order valence-corrected chi connectivity index (χ0v) is 9.80. The lowest BCUT2D eigenvalue weighted by Crippen LogP contribution is -2.39. The highest BCUT2D eigenvalue weighted by molar-refractivity contribution is 7.11. The minimum atomic E-state index is -1.53. The van der Waals surface area contributed by atoms with E-state index in [1.807, 2.05) is 6.92 Å². The first-order valence-electron chi connectivity index (χ1n) is 4.64. The number of aliphatic hydroxyl groups is 1. The lowest BCUT2D eigenvalue weighted by molar-refractivity contribution is -0.163. The fourth-order valence-electron chi connectivity index (χ4n) is 1.06. The topological polar surface area (TPSA) is 72.3 Å². The molecule has 6 heteroatoms. The summed E-state index contributed by atoms with van der Waals surface area (Å²) >= 11 is 1.36. The molecule has 1 atom stereocenters. The van der Waals surface area contributed by atoms with Crippen LogP contribution in [-0.2, 0) is 16.0 Å². The van der Waals surface area contributed by atoms with Crippen LogP contribution in [0.1, 0.15) is 23.9 Å². The number of carbonyl (C=O) groups excluding carboxylic acids is 1. The molecule has 1 aromatic heterocycles. The van der Waals surface area contributed by atoms with Crippen molar-refractivity contribution in [1.82, 2.24) is 10.2 Å². The molecule has 0 amide bonds. The Morgan fingerprint density at radius 1 is 1.60 bits per heavy atom. The molecule has 0 aliphatic carbocycles. The van der Waals surface area contributed by atoms with Gasteiger partial charge in [-0.15, -0.1) is 21.5 Å². The summed E-state index contributed by atoms with van der Waals surface area (Å²) in [5, 5.41) is 18.9. The highest BCUT2D eigenvalue weighted by atomic mass is 32.1. The van der Waals surface area contributed by atoms with Gasteiger partial charge in [-0.3, -0.25) is 0 Å². The van der Waals surface area contributed by atoms with E-state index in [0.29, 0.717) is 5.01 Å². The summed E-state index contributed by atoms with van der Waals surface area (Å²) in [5.74, 6) is -0.627. The molecule has 0 radical (unpaired) electrons. The second kappa shape index (κ2) is 4.67. The van der Waals surface area contributed by atoms with Crippen LogP contribution in [-0.4, -0.2) is 33.5 Å². The maximum absolute atomic E-state index is 11.4. The zero-order valence-electron chi connectivity index (χ0n) is 8.98. The molecule has 1 unspecified atom stereocenters. The van der Waals surface area contributed by atoms with Gasteiger partial charge in [0.25, 0.3) is 0 Å². The van der Waals surface area contributed by atoms with Gasteiger partial charge in [-0.2, -0.15) is 0 Å². The van der Waals surface area contributed by atoms with Crippen LogP contribution in [0.3, 0.4) is 0 Å². The van der Waals surface area contributed by atoms with E-state index in [1.54, 1.807) is 6.92 Å². The van der Waals surface area contributed by atoms with Crippen molar-refractivity contribution in [3.63, 3.8) is 0 Å². The molecule has 0 aliphatic heterocycles. The standard InChI is InChI=1S/C9H14N2O3S/c1-4-14-8(12)9(3,13)5-7-11-10-6(2)15-7/h13H,4-5H2,1-3H3. The average Bonchev–Trinajstić information content (AvgIpc) is 2.50. The summed E-state index contributed by atoms with van der Waals surface area (Å²) in [4.78, 5) is 11.4. The summed E-state index contributed by atoms with van der Waals surface area (Å²) in [7, 11) is 0. The van der Waals surface area contributed by atoms with Crippen LogP contribution in [0.2, 0.25) is 0 Å². The minimum Gasteiger partial charge on any atom is -0.464 e. The predicted molar refractivity (Wildman–Crippen MR) is 55.6 cm³/mol. The summed E-state index contributed by atoms with van der Waals surface area (Å²) in [6.45, 7) is 5.19. The molecule has 1 N–H and O–H groups in total. The van der Waals surface area contributed by atoms with Gasteiger partial charge in [0.05, 0.1) is 6.61 Å². The molecule has 1 rings (SSSR count). The van der Waals surface area contributed by atoms with Gasteiger partial charge >= 0.3 is 5.97 Å². The Morgan fingerprint density at radius 3 is 2.73 bits per heavy atom. The number of rotatable bonds is 4. The van der Waals surface area contributed by atoms with Crippen LogP contribution in [0.5, 0.6) is 0 Å². The first-order chi connectivity index (χ1) is 6.95. The van der Waals surface area contributed by atoms with E-state index in [-0.39, 0.29) is 13.0 Å². The number of carbonyl (C=O) groups is 1.